The monoisotopic (exact) mass is 714 g/mol. The highest BCUT2D eigenvalue weighted by molar-refractivity contribution is 5.76. The van der Waals surface area contributed by atoms with Gasteiger partial charge in [0, 0.05) is 6.42 Å². The number of hydrogen-bond donors (Lipinski definition) is 6. The number of allylic oxidation sites excluding steroid dienone is 2. The number of hydrogen-bond acceptors (Lipinski definition) is 8. The third-order valence-electron chi connectivity index (χ3n) is 10.1. The van der Waals surface area contributed by atoms with Crippen LogP contribution in [0.3, 0.4) is 0 Å². The zero-order chi connectivity index (χ0) is 36.7. The number of unbranched alkanes of at least 4 members (excludes halogenated alkanes) is 22. The Kier molecular flexibility index (Phi) is 30.6. The molecule has 1 saturated heterocycles. The zero-order valence-corrected chi connectivity index (χ0v) is 32.2. The van der Waals surface area contributed by atoms with E-state index in [1.165, 1.54) is 103 Å². The number of carbonyl (C=O) groups excluding carboxylic acids is 1. The molecule has 1 heterocycles. The largest absolute Gasteiger partial charge is 0.394 e. The van der Waals surface area contributed by atoms with Gasteiger partial charge in [-0.1, -0.05) is 161 Å². The van der Waals surface area contributed by atoms with Crippen LogP contribution in [0.4, 0.5) is 0 Å². The van der Waals surface area contributed by atoms with E-state index in [4.69, 9.17) is 9.47 Å². The summed E-state index contributed by atoms with van der Waals surface area (Å²) in [5.74, 6) is -0.159. The van der Waals surface area contributed by atoms with Crippen LogP contribution in [0.2, 0.25) is 0 Å². The van der Waals surface area contributed by atoms with Crippen LogP contribution >= 0.6 is 0 Å². The third-order valence-corrected chi connectivity index (χ3v) is 10.1. The molecule has 0 saturated carbocycles. The topological polar surface area (TPSA) is 149 Å². The van der Waals surface area contributed by atoms with Crippen molar-refractivity contribution in [3.05, 3.63) is 12.2 Å². The van der Waals surface area contributed by atoms with E-state index in [0.717, 1.165) is 57.8 Å². The average Bonchev–Trinajstić information content (AvgIpc) is 3.11. The van der Waals surface area contributed by atoms with E-state index in [-0.39, 0.29) is 12.5 Å². The summed E-state index contributed by atoms with van der Waals surface area (Å²) < 4.78 is 11.2. The van der Waals surface area contributed by atoms with Crippen LogP contribution in [-0.2, 0) is 14.3 Å². The van der Waals surface area contributed by atoms with Crippen LogP contribution in [-0.4, -0.2) is 87.5 Å². The van der Waals surface area contributed by atoms with Gasteiger partial charge in [-0.15, -0.1) is 0 Å². The fourth-order valence-electron chi connectivity index (χ4n) is 6.67. The molecule has 1 rings (SSSR count). The smallest absolute Gasteiger partial charge is 0.220 e. The Hall–Kier alpha value is -1.07. The second-order valence-electron chi connectivity index (χ2n) is 14.8. The molecule has 0 aromatic rings. The molecule has 6 N–H and O–H groups in total. The third kappa shape index (κ3) is 23.5. The first kappa shape index (κ1) is 47.0. The molecule has 7 unspecified atom stereocenters. The predicted octanol–water partition coefficient (Wildman–Crippen LogP) is 7.78. The van der Waals surface area contributed by atoms with Crippen LogP contribution < -0.4 is 5.32 Å². The van der Waals surface area contributed by atoms with Gasteiger partial charge in [0.05, 0.1) is 25.4 Å². The quantitative estimate of drug-likeness (QED) is 0.0293. The highest BCUT2D eigenvalue weighted by Crippen LogP contribution is 2.23. The first-order valence-corrected chi connectivity index (χ1v) is 20.9. The van der Waals surface area contributed by atoms with Gasteiger partial charge in [-0.2, -0.15) is 0 Å². The molecule has 0 aromatic carbocycles. The molecule has 0 spiro atoms. The maximum absolute atomic E-state index is 12.9. The van der Waals surface area contributed by atoms with Gasteiger partial charge in [0.1, 0.15) is 24.4 Å². The molecule has 9 nitrogen and oxygen atoms in total. The lowest BCUT2D eigenvalue weighted by atomic mass is 9.99. The van der Waals surface area contributed by atoms with Crippen LogP contribution in [0.25, 0.3) is 0 Å². The van der Waals surface area contributed by atoms with Gasteiger partial charge in [0.25, 0.3) is 0 Å². The van der Waals surface area contributed by atoms with E-state index >= 15 is 0 Å². The van der Waals surface area contributed by atoms with Crippen LogP contribution in [0.5, 0.6) is 0 Å². The minimum Gasteiger partial charge on any atom is -0.394 e. The summed E-state index contributed by atoms with van der Waals surface area (Å²) >= 11 is 0. The lowest BCUT2D eigenvalue weighted by Crippen LogP contribution is -2.60. The summed E-state index contributed by atoms with van der Waals surface area (Å²) in [5.41, 5.74) is 0. The van der Waals surface area contributed by atoms with E-state index in [2.05, 4.69) is 31.3 Å². The van der Waals surface area contributed by atoms with Crippen molar-refractivity contribution in [3.8, 4) is 0 Å². The molecule has 296 valence electrons. The number of amides is 1. The van der Waals surface area contributed by atoms with E-state index in [1.807, 2.05) is 0 Å². The van der Waals surface area contributed by atoms with Crippen molar-refractivity contribution in [3.63, 3.8) is 0 Å². The van der Waals surface area contributed by atoms with E-state index in [0.29, 0.717) is 12.8 Å². The van der Waals surface area contributed by atoms with Crippen LogP contribution in [0.1, 0.15) is 187 Å². The Morgan fingerprint density at radius 1 is 0.660 bits per heavy atom. The molecule has 7 atom stereocenters. The number of aliphatic hydroxyl groups is 5. The predicted molar refractivity (Wildman–Crippen MR) is 203 cm³/mol. The molecular weight excluding hydrogens is 634 g/mol. The molecule has 1 aliphatic rings. The van der Waals surface area contributed by atoms with Crippen LogP contribution in [0, 0.1) is 0 Å². The maximum Gasteiger partial charge on any atom is 0.220 e. The van der Waals surface area contributed by atoms with Crippen molar-refractivity contribution in [2.24, 2.45) is 0 Å². The minimum absolute atomic E-state index is 0.140. The Morgan fingerprint density at radius 3 is 1.68 bits per heavy atom. The Balaban J connectivity index is 2.36. The number of rotatable bonds is 34. The Morgan fingerprint density at radius 2 is 1.14 bits per heavy atom. The second-order valence-corrected chi connectivity index (χ2v) is 14.8. The van der Waals surface area contributed by atoms with Gasteiger partial charge in [0.2, 0.25) is 5.91 Å². The first-order valence-electron chi connectivity index (χ1n) is 20.9. The van der Waals surface area contributed by atoms with E-state index < -0.39 is 49.5 Å². The Labute approximate surface area is 306 Å². The summed E-state index contributed by atoms with van der Waals surface area (Å²) in [6, 6.07) is -0.718. The minimum atomic E-state index is -1.55. The number of ether oxygens (including phenoxy) is 2. The molecule has 1 aliphatic heterocycles. The lowest BCUT2D eigenvalue weighted by Gasteiger charge is -2.40. The average molecular weight is 714 g/mol. The normalized spacial score (nSPS) is 22.3. The number of nitrogens with one attached hydrogen (secondary N) is 1. The van der Waals surface area contributed by atoms with Crippen molar-refractivity contribution in [2.75, 3.05) is 13.2 Å². The molecule has 1 fully saturated rings. The molecule has 1 amide bonds. The van der Waals surface area contributed by atoms with Gasteiger partial charge in [-0.25, -0.2) is 0 Å². The molecule has 50 heavy (non-hydrogen) atoms. The number of aliphatic hydroxyl groups excluding tert-OH is 5. The van der Waals surface area contributed by atoms with Gasteiger partial charge in [0.15, 0.2) is 6.29 Å². The fraction of sp³-hybridized carbons (Fsp3) is 0.927. The molecule has 0 aromatic heterocycles. The zero-order valence-electron chi connectivity index (χ0n) is 32.2. The standard InChI is InChI=1S/C41H79NO8/c1-3-5-7-9-11-13-15-16-17-18-19-20-21-22-24-26-28-30-35(44)34(33-49-41-40(48)39(47)38(46)36(32-43)50-41)42-37(45)31-29-27-25-23-14-12-10-8-6-4-2/h10,12,34-36,38-41,43-44,46-48H,3-9,11,13-33H2,1-2H3,(H,42,45)/b12-10-. The van der Waals surface area contributed by atoms with Crippen LogP contribution in [0.15, 0.2) is 12.2 Å². The lowest BCUT2D eigenvalue weighted by molar-refractivity contribution is -0.302. The maximum atomic E-state index is 12.9. The van der Waals surface area contributed by atoms with Gasteiger partial charge < -0.3 is 40.3 Å². The van der Waals surface area contributed by atoms with E-state index in [1.54, 1.807) is 0 Å². The molecule has 0 aliphatic carbocycles. The SMILES string of the molecule is CCCC/C=C\CCCCCCC(=O)NC(COC1OC(CO)C(O)C(O)C1O)C(O)CCCCCCCCCCCCCCCCCCC. The van der Waals surface area contributed by atoms with Gasteiger partial charge in [-0.05, 0) is 32.1 Å². The van der Waals surface area contributed by atoms with Gasteiger partial charge in [-0.3, -0.25) is 4.79 Å². The first-order chi connectivity index (χ1) is 24.3. The van der Waals surface area contributed by atoms with Gasteiger partial charge >= 0.3 is 0 Å². The summed E-state index contributed by atoms with van der Waals surface area (Å²) in [6.45, 7) is 3.77. The van der Waals surface area contributed by atoms with E-state index in [9.17, 15) is 30.3 Å². The molecule has 0 bridgehead atoms. The Bertz CT molecular complexity index is 797. The van der Waals surface area contributed by atoms with Crippen molar-refractivity contribution >= 4 is 5.91 Å². The highest BCUT2D eigenvalue weighted by atomic mass is 16.7. The number of carbonyl (C=O) groups is 1. The summed E-state index contributed by atoms with van der Waals surface area (Å²) in [7, 11) is 0. The summed E-state index contributed by atoms with van der Waals surface area (Å²) in [4.78, 5) is 12.9. The molecule has 0 radical (unpaired) electrons. The van der Waals surface area contributed by atoms with Crippen molar-refractivity contribution in [2.45, 2.75) is 230 Å². The highest BCUT2D eigenvalue weighted by Gasteiger charge is 2.44. The summed E-state index contributed by atoms with van der Waals surface area (Å²) in [5, 5.41) is 54.1. The fourth-order valence-corrected chi connectivity index (χ4v) is 6.67. The summed E-state index contributed by atoms with van der Waals surface area (Å²) in [6.07, 6.45) is 27.9. The second kappa shape index (κ2) is 32.6. The molecule has 9 heteroatoms. The van der Waals surface area contributed by atoms with Crippen molar-refractivity contribution < 1.29 is 39.8 Å². The molecular formula is C41H79NO8. The van der Waals surface area contributed by atoms with Crippen molar-refractivity contribution in [1.82, 2.24) is 5.32 Å². The van der Waals surface area contributed by atoms with Crippen molar-refractivity contribution in [1.29, 1.82) is 0 Å².